The smallest absolute Gasteiger partial charge is 0.546 e. The Labute approximate surface area is 185 Å². The molecule has 1 heterocycles. The monoisotopic (exact) mass is 389 g/mol. The van der Waals surface area contributed by atoms with Crippen molar-refractivity contribution in [2.75, 3.05) is 0 Å². The van der Waals surface area contributed by atoms with Crippen molar-refractivity contribution >= 4 is 40.1 Å². The Hall–Kier alpha value is -1.85. The van der Waals surface area contributed by atoms with Gasteiger partial charge in [0.1, 0.15) is 11.9 Å². The number of aliphatic carboxylic acids is 1. The van der Waals surface area contributed by atoms with Crippen LogP contribution in [0, 0.1) is 0 Å². The molecule has 1 aromatic heterocycles. The number of halogens is 1. The topological polar surface area (TPSA) is 62.2 Å². The van der Waals surface area contributed by atoms with Crippen LogP contribution in [0.25, 0.3) is 22.6 Å². The van der Waals surface area contributed by atoms with E-state index in [2.05, 4.69) is 4.98 Å². The minimum absolute atomic E-state index is 0. The number of hydrogen-bond acceptors (Lipinski definition) is 4. The maximum atomic E-state index is 10.8. The van der Waals surface area contributed by atoms with Gasteiger partial charge < -0.3 is 14.6 Å². The fraction of sp³-hybridized carbons (Fsp3) is 0.143. The number of carboxylic acids is 1. The van der Waals surface area contributed by atoms with Crippen LogP contribution in [-0.4, -0.2) is 17.1 Å². The molecule has 3 aromatic rings. The van der Waals surface area contributed by atoms with Gasteiger partial charge in [-0.25, -0.2) is 4.98 Å². The van der Waals surface area contributed by atoms with Gasteiger partial charge in [-0.1, -0.05) is 35.9 Å². The Morgan fingerprint density at radius 3 is 2.67 bits per heavy atom. The summed E-state index contributed by atoms with van der Waals surface area (Å²) in [6.45, 7) is 3.40. The van der Waals surface area contributed by atoms with Crippen molar-refractivity contribution in [1.82, 2.24) is 4.98 Å². The first-order valence-electron chi connectivity index (χ1n) is 8.15. The van der Waals surface area contributed by atoms with E-state index in [0.29, 0.717) is 10.8 Å². The summed E-state index contributed by atoms with van der Waals surface area (Å²) in [4.78, 5) is 15.4. The van der Waals surface area contributed by atoms with Crippen molar-refractivity contribution in [2.45, 2.75) is 20.0 Å². The van der Waals surface area contributed by atoms with Crippen LogP contribution in [0.3, 0.4) is 0 Å². The van der Waals surface area contributed by atoms with Crippen LogP contribution in [-0.2, 0) is 4.79 Å². The van der Waals surface area contributed by atoms with Gasteiger partial charge in [0.15, 0.2) is 0 Å². The molecule has 0 aliphatic carbocycles. The Balaban J connectivity index is 0.00000261. The SMILES string of the molecule is C/C(=C\c1ccc2ccc(Cl)cc2n1)c1cccc(OC(C)C(=O)[O-])c1.[Na+]. The van der Waals surface area contributed by atoms with Crippen LogP contribution in [0.5, 0.6) is 5.75 Å². The van der Waals surface area contributed by atoms with Crippen LogP contribution in [0.4, 0.5) is 0 Å². The molecule has 0 spiro atoms. The van der Waals surface area contributed by atoms with E-state index < -0.39 is 12.1 Å². The molecule has 0 N–H and O–H groups in total. The van der Waals surface area contributed by atoms with Crippen LogP contribution in [0.2, 0.25) is 5.02 Å². The van der Waals surface area contributed by atoms with Crippen LogP contribution >= 0.6 is 11.6 Å². The first-order valence-corrected chi connectivity index (χ1v) is 8.53. The van der Waals surface area contributed by atoms with Crippen molar-refractivity contribution in [2.24, 2.45) is 0 Å². The first kappa shape index (κ1) is 21.5. The number of carboxylic acid groups (broad SMARTS) is 1. The number of carbonyl (C=O) groups excluding carboxylic acids is 1. The van der Waals surface area contributed by atoms with E-state index in [1.807, 2.05) is 55.5 Å². The molecule has 0 saturated heterocycles. The Morgan fingerprint density at radius 1 is 1.19 bits per heavy atom. The van der Waals surface area contributed by atoms with E-state index in [1.165, 1.54) is 6.92 Å². The van der Waals surface area contributed by atoms with Gasteiger partial charge in [0.2, 0.25) is 0 Å². The standard InChI is InChI=1S/C21H18ClNO3.Na/c1-13(16-4-3-5-19(11-16)26-14(2)21(24)25)10-18-9-7-15-6-8-17(22)12-20(15)23-18;/h3-12,14H,1-2H3,(H,24,25);/q;+1/p-1/b13-10+;. The summed E-state index contributed by atoms with van der Waals surface area (Å²) in [6.07, 6.45) is 0.947. The van der Waals surface area contributed by atoms with Gasteiger partial charge in [0, 0.05) is 10.4 Å². The predicted octanol–water partition coefficient (Wildman–Crippen LogP) is 0.970. The van der Waals surface area contributed by atoms with Gasteiger partial charge in [0.05, 0.1) is 17.2 Å². The van der Waals surface area contributed by atoms with Crippen LogP contribution in [0.15, 0.2) is 54.6 Å². The Morgan fingerprint density at radius 2 is 1.93 bits per heavy atom. The molecule has 1 atom stereocenters. The Bertz CT molecular complexity index is 1000. The zero-order chi connectivity index (χ0) is 18.7. The molecule has 0 aliphatic rings. The molecule has 0 fully saturated rings. The normalized spacial score (nSPS) is 12.3. The van der Waals surface area contributed by atoms with Crippen molar-refractivity contribution in [3.05, 3.63) is 70.9 Å². The summed E-state index contributed by atoms with van der Waals surface area (Å²) < 4.78 is 5.37. The number of rotatable bonds is 5. The van der Waals surface area contributed by atoms with E-state index >= 15 is 0 Å². The molecule has 132 valence electrons. The predicted molar refractivity (Wildman–Crippen MR) is 102 cm³/mol. The molecule has 0 radical (unpaired) electrons. The first-order chi connectivity index (χ1) is 12.4. The van der Waals surface area contributed by atoms with Crippen molar-refractivity contribution in [1.29, 1.82) is 0 Å². The van der Waals surface area contributed by atoms with Gasteiger partial charge in [-0.05, 0) is 61.4 Å². The third kappa shape index (κ3) is 5.56. The molecular formula is C21H17ClNNaO3. The molecule has 2 aromatic carbocycles. The van der Waals surface area contributed by atoms with Crippen molar-refractivity contribution < 1.29 is 44.2 Å². The van der Waals surface area contributed by atoms with Crippen molar-refractivity contribution in [3.8, 4) is 5.75 Å². The van der Waals surface area contributed by atoms with Gasteiger partial charge in [0.25, 0.3) is 0 Å². The Kier molecular flexibility index (Phi) is 7.45. The number of fused-ring (bicyclic) bond motifs is 1. The number of allylic oxidation sites excluding steroid dienone is 1. The minimum Gasteiger partial charge on any atom is -0.546 e. The van der Waals surface area contributed by atoms with Gasteiger partial charge in [-0.15, -0.1) is 0 Å². The second-order valence-electron chi connectivity index (χ2n) is 6.01. The molecule has 4 nitrogen and oxygen atoms in total. The number of nitrogens with zero attached hydrogens (tertiary/aromatic N) is 1. The average molecular weight is 390 g/mol. The number of pyridine rings is 1. The molecule has 6 heteroatoms. The molecule has 0 saturated carbocycles. The number of hydrogen-bond donors (Lipinski definition) is 0. The van der Waals surface area contributed by atoms with Crippen LogP contribution < -0.4 is 39.4 Å². The third-order valence-corrected chi connectivity index (χ3v) is 4.21. The quantitative estimate of drug-likeness (QED) is 0.610. The molecular weight excluding hydrogens is 373 g/mol. The third-order valence-electron chi connectivity index (χ3n) is 3.97. The van der Waals surface area contributed by atoms with Gasteiger partial charge >= 0.3 is 29.6 Å². The maximum absolute atomic E-state index is 10.8. The average Bonchev–Trinajstić information content (AvgIpc) is 2.61. The summed E-state index contributed by atoms with van der Waals surface area (Å²) >= 11 is 6.04. The van der Waals surface area contributed by atoms with E-state index in [9.17, 15) is 9.90 Å². The summed E-state index contributed by atoms with van der Waals surface area (Å²) in [5.74, 6) is -0.771. The summed E-state index contributed by atoms with van der Waals surface area (Å²) in [5, 5.41) is 12.5. The molecule has 0 amide bonds. The van der Waals surface area contributed by atoms with Crippen LogP contribution in [0.1, 0.15) is 25.1 Å². The molecule has 0 bridgehead atoms. The van der Waals surface area contributed by atoms with E-state index in [4.69, 9.17) is 16.3 Å². The second-order valence-corrected chi connectivity index (χ2v) is 6.44. The van der Waals surface area contributed by atoms with E-state index in [-0.39, 0.29) is 29.6 Å². The zero-order valence-corrected chi connectivity index (χ0v) is 18.2. The minimum atomic E-state index is -1.25. The van der Waals surface area contributed by atoms with Gasteiger partial charge in [-0.2, -0.15) is 0 Å². The fourth-order valence-corrected chi connectivity index (χ4v) is 2.72. The maximum Gasteiger partial charge on any atom is 1.00 e. The fourth-order valence-electron chi connectivity index (χ4n) is 2.56. The molecule has 0 aliphatic heterocycles. The summed E-state index contributed by atoms with van der Waals surface area (Å²) in [5.41, 5.74) is 3.54. The number of benzene rings is 2. The molecule has 27 heavy (non-hydrogen) atoms. The molecule has 1 unspecified atom stereocenters. The van der Waals surface area contributed by atoms with Crippen molar-refractivity contribution in [3.63, 3.8) is 0 Å². The van der Waals surface area contributed by atoms with E-state index in [0.717, 1.165) is 27.7 Å². The summed E-state index contributed by atoms with van der Waals surface area (Å²) in [7, 11) is 0. The largest absolute Gasteiger partial charge is 1.00 e. The number of carbonyl (C=O) groups is 1. The van der Waals surface area contributed by atoms with E-state index in [1.54, 1.807) is 12.1 Å². The van der Waals surface area contributed by atoms with Gasteiger partial charge in [-0.3, -0.25) is 0 Å². The second kappa shape index (κ2) is 9.38. The zero-order valence-electron chi connectivity index (χ0n) is 15.4. The molecule has 3 rings (SSSR count). The summed E-state index contributed by atoms with van der Waals surface area (Å²) in [6, 6.07) is 16.8. The number of ether oxygens (including phenoxy) is 1. The number of aromatic nitrogens is 1.